The first kappa shape index (κ1) is 24.6. The van der Waals surface area contributed by atoms with Gasteiger partial charge in [-0.15, -0.1) is 0 Å². The van der Waals surface area contributed by atoms with Crippen molar-refractivity contribution in [2.45, 2.75) is 6.42 Å². The molecule has 0 saturated carbocycles. The Kier molecular flexibility index (Phi) is 7.82. The van der Waals surface area contributed by atoms with Gasteiger partial charge in [-0.25, -0.2) is 0 Å². The van der Waals surface area contributed by atoms with Crippen molar-refractivity contribution in [1.29, 1.82) is 0 Å². The lowest BCUT2D eigenvalue weighted by molar-refractivity contribution is 0.102. The monoisotopic (exact) mass is 551 g/mol. The predicted molar refractivity (Wildman–Crippen MR) is 136 cm³/mol. The highest BCUT2D eigenvalue weighted by Crippen LogP contribution is 2.34. The van der Waals surface area contributed by atoms with Crippen molar-refractivity contribution in [3.8, 4) is 0 Å². The third-order valence-electron chi connectivity index (χ3n) is 4.69. The third-order valence-corrected chi connectivity index (χ3v) is 6.89. The van der Waals surface area contributed by atoms with Crippen LogP contribution in [0.4, 0.5) is 17.2 Å². The Morgan fingerprint density at radius 3 is 2.47 bits per heavy atom. The molecule has 0 aliphatic rings. The Morgan fingerprint density at radius 1 is 1.00 bits per heavy atom. The molecule has 34 heavy (non-hydrogen) atoms. The van der Waals surface area contributed by atoms with Crippen LogP contribution in [0.15, 0.2) is 66.7 Å². The fourth-order valence-corrected chi connectivity index (χ4v) is 4.84. The van der Waals surface area contributed by atoms with Crippen molar-refractivity contribution in [1.82, 2.24) is 8.75 Å². The van der Waals surface area contributed by atoms with Gasteiger partial charge in [-0.2, -0.15) is 8.75 Å². The Morgan fingerprint density at radius 2 is 1.76 bits per heavy atom. The van der Waals surface area contributed by atoms with Crippen LogP contribution in [0.25, 0.3) is 0 Å². The smallest absolute Gasteiger partial charge is 0.257 e. The Hall–Kier alpha value is -2.53. The van der Waals surface area contributed by atoms with E-state index < -0.39 is 17.2 Å². The van der Waals surface area contributed by atoms with Crippen LogP contribution in [0.2, 0.25) is 15.1 Å². The van der Waals surface area contributed by atoms with E-state index >= 15 is 0 Å². The van der Waals surface area contributed by atoms with E-state index in [-0.39, 0.29) is 27.1 Å². The average molecular weight is 553 g/mol. The zero-order valence-electron chi connectivity index (χ0n) is 17.1. The first-order valence-corrected chi connectivity index (χ1v) is 12.5. The fraction of sp³-hybridized carbons (Fsp3) is 0.0455. The SMILES string of the molecule is O=C(Nc1ccc(Cl)c(Cl)c1)c1cc(Cl)ccc1N(c1nsnc1Cc1ccccc1)S(=O)[O-]. The molecule has 1 atom stereocenters. The van der Waals surface area contributed by atoms with Gasteiger partial charge in [0.25, 0.3) is 5.91 Å². The van der Waals surface area contributed by atoms with Gasteiger partial charge in [0.15, 0.2) is 5.82 Å². The molecule has 1 heterocycles. The zero-order chi connectivity index (χ0) is 24.2. The lowest BCUT2D eigenvalue weighted by Crippen LogP contribution is -2.25. The second-order valence-electron chi connectivity index (χ2n) is 6.95. The number of rotatable bonds is 7. The van der Waals surface area contributed by atoms with E-state index in [4.69, 9.17) is 34.8 Å². The number of amides is 1. The van der Waals surface area contributed by atoms with E-state index in [0.29, 0.717) is 22.8 Å². The number of carbonyl (C=O) groups is 1. The minimum atomic E-state index is -2.81. The number of hydrogen-bond donors (Lipinski definition) is 1. The average Bonchev–Trinajstić information content (AvgIpc) is 3.25. The molecule has 0 aliphatic heterocycles. The van der Waals surface area contributed by atoms with Crippen LogP contribution in [0.5, 0.6) is 0 Å². The summed E-state index contributed by atoms with van der Waals surface area (Å²) in [4.78, 5) is 13.1. The van der Waals surface area contributed by atoms with Gasteiger partial charge in [0.1, 0.15) is 5.69 Å². The maximum Gasteiger partial charge on any atom is 0.257 e. The van der Waals surface area contributed by atoms with Crippen LogP contribution >= 0.6 is 46.5 Å². The van der Waals surface area contributed by atoms with Crippen molar-refractivity contribution in [3.05, 3.63) is 98.6 Å². The molecule has 0 bridgehead atoms. The molecule has 174 valence electrons. The Labute approximate surface area is 217 Å². The molecule has 4 aromatic rings. The first-order chi connectivity index (χ1) is 16.3. The van der Waals surface area contributed by atoms with Gasteiger partial charge in [-0.05, 0) is 42.0 Å². The summed E-state index contributed by atoms with van der Waals surface area (Å²) in [5, 5.41) is 3.52. The summed E-state index contributed by atoms with van der Waals surface area (Å²) in [5.41, 5.74) is 1.84. The normalized spacial score (nSPS) is 11.8. The van der Waals surface area contributed by atoms with E-state index in [2.05, 4.69) is 14.1 Å². The van der Waals surface area contributed by atoms with Crippen LogP contribution in [-0.4, -0.2) is 23.4 Å². The summed E-state index contributed by atoms with van der Waals surface area (Å²) in [6.07, 6.45) is 0.360. The van der Waals surface area contributed by atoms with Gasteiger partial charge in [-0.3, -0.25) is 13.3 Å². The summed E-state index contributed by atoms with van der Waals surface area (Å²) < 4.78 is 34.2. The maximum atomic E-state index is 13.1. The van der Waals surface area contributed by atoms with Crippen molar-refractivity contribution in [2.75, 3.05) is 9.62 Å². The van der Waals surface area contributed by atoms with Gasteiger partial charge in [-0.1, -0.05) is 65.1 Å². The number of carbonyl (C=O) groups excluding carboxylic acids is 1. The molecule has 1 unspecified atom stereocenters. The molecular weight excluding hydrogens is 539 g/mol. The highest BCUT2D eigenvalue weighted by atomic mass is 35.5. The van der Waals surface area contributed by atoms with Crippen LogP contribution in [0.3, 0.4) is 0 Å². The van der Waals surface area contributed by atoms with Gasteiger partial charge in [0, 0.05) is 17.1 Å². The standard InChI is InChI=1S/C22H15Cl3N4O3S2/c23-14-6-9-20(16(11-14)22(30)26-15-7-8-17(24)18(25)12-15)29(34(31)32)21-19(27-33-28-21)10-13-4-2-1-3-5-13/h1-9,11-12H,10H2,(H,26,30)(H,31,32)/p-1. The summed E-state index contributed by atoms with van der Waals surface area (Å²) >= 11 is 16.2. The van der Waals surface area contributed by atoms with Crippen molar-refractivity contribution >= 4 is 80.9 Å². The van der Waals surface area contributed by atoms with E-state index in [1.807, 2.05) is 30.3 Å². The molecule has 0 fully saturated rings. The van der Waals surface area contributed by atoms with Gasteiger partial charge in [0.05, 0.1) is 44.3 Å². The van der Waals surface area contributed by atoms with Crippen LogP contribution in [-0.2, 0) is 17.7 Å². The quantitative estimate of drug-likeness (QED) is 0.272. The molecule has 1 aromatic heterocycles. The molecule has 0 aliphatic carbocycles. The van der Waals surface area contributed by atoms with Crippen molar-refractivity contribution < 1.29 is 13.6 Å². The number of nitrogens with one attached hydrogen (secondary N) is 1. The molecule has 0 radical (unpaired) electrons. The molecule has 1 amide bonds. The summed E-state index contributed by atoms with van der Waals surface area (Å²) in [6, 6.07) is 18.3. The Bertz CT molecular complexity index is 1370. The van der Waals surface area contributed by atoms with Gasteiger partial charge >= 0.3 is 0 Å². The molecule has 0 spiro atoms. The number of aromatic nitrogens is 2. The highest BCUT2D eigenvalue weighted by molar-refractivity contribution is 7.81. The number of hydrogen-bond acceptors (Lipinski definition) is 6. The first-order valence-electron chi connectivity index (χ1n) is 9.64. The van der Waals surface area contributed by atoms with E-state index in [1.54, 1.807) is 6.07 Å². The summed E-state index contributed by atoms with van der Waals surface area (Å²) in [5.74, 6) is -0.493. The molecule has 4 rings (SSSR count). The van der Waals surface area contributed by atoms with E-state index in [1.165, 1.54) is 30.3 Å². The van der Waals surface area contributed by atoms with Gasteiger partial charge < -0.3 is 9.87 Å². The predicted octanol–water partition coefficient (Wildman–Crippen LogP) is 6.27. The zero-order valence-corrected chi connectivity index (χ0v) is 21.0. The van der Waals surface area contributed by atoms with Gasteiger partial charge in [0.2, 0.25) is 0 Å². The van der Waals surface area contributed by atoms with Crippen LogP contribution in [0.1, 0.15) is 21.6 Å². The second-order valence-corrected chi connectivity index (χ2v) is 9.53. The van der Waals surface area contributed by atoms with E-state index in [9.17, 15) is 13.6 Å². The lowest BCUT2D eigenvalue weighted by atomic mass is 10.1. The fourth-order valence-electron chi connectivity index (χ4n) is 3.16. The minimum absolute atomic E-state index is 0.0152. The summed E-state index contributed by atoms with van der Waals surface area (Å²) in [7, 11) is 0. The summed E-state index contributed by atoms with van der Waals surface area (Å²) in [6.45, 7) is 0. The number of halogens is 3. The molecule has 0 saturated heterocycles. The van der Waals surface area contributed by atoms with Crippen LogP contribution < -0.4 is 9.62 Å². The van der Waals surface area contributed by atoms with E-state index in [0.717, 1.165) is 21.6 Å². The van der Waals surface area contributed by atoms with Crippen molar-refractivity contribution in [3.63, 3.8) is 0 Å². The maximum absolute atomic E-state index is 13.1. The number of anilines is 3. The molecule has 7 nitrogen and oxygen atoms in total. The molecule has 3 aromatic carbocycles. The van der Waals surface area contributed by atoms with Crippen LogP contribution in [0, 0.1) is 0 Å². The number of benzene rings is 3. The number of nitrogens with zero attached hydrogens (tertiary/aromatic N) is 3. The topological polar surface area (TPSA) is 98.2 Å². The third kappa shape index (κ3) is 5.57. The molecule has 1 N–H and O–H groups in total. The molecule has 12 heteroatoms. The highest BCUT2D eigenvalue weighted by Gasteiger charge is 2.24. The lowest BCUT2D eigenvalue weighted by Gasteiger charge is -2.27. The second kappa shape index (κ2) is 10.8. The van der Waals surface area contributed by atoms with Crippen molar-refractivity contribution in [2.24, 2.45) is 0 Å². The largest absolute Gasteiger partial charge is 0.755 e. The minimum Gasteiger partial charge on any atom is -0.755 e. The molecular formula is C22H14Cl3N4O3S2-. The Balaban J connectivity index is 1.73.